The molecule has 0 saturated carbocycles. The molecule has 0 aliphatic carbocycles. The lowest BCUT2D eigenvalue weighted by molar-refractivity contribution is -0.143. The highest BCUT2D eigenvalue weighted by Crippen LogP contribution is 2.39. The van der Waals surface area contributed by atoms with Crippen molar-refractivity contribution in [1.29, 1.82) is 0 Å². The van der Waals surface area contributed by atoms with E-state index in [2.05, 4.69) is 4.98 Å². The highest BCUT2D eigenvalue weighted by molar-refractivity contribution is 6.32. The molecular formula is C9H5ClF5NO2. The average Bonchev–Trinajstić information content (AvgIpc) is 2.17. The first-order chi connectivity index (χ1) is 8.14. The second kappa shape index (κ2) is 5.05. The van der Waals surface area contributed by atoms with Gasteiger partial charge >= 0.3 is 12.1 Å². The molecule has 0 aliphatic heterocycles. The molecule has 9 heteroatoms. The molecule has 1 rings (SSSR count). The van der Waals surface area contributed by atoms with Gasteiger partial charge in [0.1, 0.15) is 0 Å². The first-order valence-electron chi connectivity index (χ1n) is 4.39. The number of carboxylic acids is 1. The number of halogens is 6. The van der Waals surface area contributed by atoms with Gasteiger partial charge in [0, 0.05) is 11.8 Å². The lowest BCUT2D eigenvalue weighted by Gasteiger charge is -2.14. The Morgan fingerprint density at radius 1 is 1.44 bits per heavy atom. The highest BCUT2D eigenvalue weighted by atomic mass is 35.5. The van der Waals surface area contributed by atoms with Gasteiger partial charge in [0.2, 0.25) is 0 Å². The first-order valence-corrected chi connectivity index (χ1v) is 4.76. The molecule has 3 nitrogen and oxygen atoms in total. The maximum absolute atomic E-state index is 12.6. The monoisotopic (exact) mass is 289 g/mol. The van der Waals surface area contributed by atoms with Crippen molar-refractivity contribution in [1.82, 2.24) is 4.98 Å². The van der Waals surface area contributed by atoms with Crippen LogP contribution in [0.15, 0.2) is 6.20 Å². The van der Waals surface area contributed by atoms with Crippen LogP contribution in [0.3, 0.4) is 0 Å². The maximum Gasteiger partial charge on any atom is 0.433 e. The molecule has 0 fully saturated rings. The molecule has 18 heavy (non-hydrogen) atoms. The second-order valence-corrected chi connectivity index (χ2v) is 3.61. The summed E-state index contributed by atoms with van der Waals surface area (Å²) in [6, 6.07) is 0. The van der Waals surface area contributed by atoms with Crippen molar-refractivity contribution < 1.29 is 31.9 Å². The molecule has 1 heterocycles. The van der Waals surface area contributed by atoms with Crippen LogP contribution in [0.2, 0.25) is 5.02 Å². The Bertz CT molecular complexity index is 475. The highest BCUT2D eigenvalue weighted by Gasteiger charge is 2.39. The first kappa shape index (κ1) is 14.6. The number of pyridine rings is 1. The number of rotatable bonds is 3. The number of hydrogen-bond donors (Lipinski definition) is 1. The van der Waals surface area contributed by atoms with Crippen LogP contribution in [-0.4, -0.2) is 16.1 Å². The van der Waals surface area contributed by atoms with Crippen LogP contribution in [0.4, 0.5) is 22.0 Å². The molecule has 0 amide bonds. The zero-order chi connectivity index (χ0) is 14.1. The van der Waals surface area contributed by atoms with Crippen molar-refractivity contribution in [2.24, 2.45) is 0 Å². The van der Waals surface area contributed by atoms with E-state index in [1.54, 1.807) is 0 Å². The minimum Gasteiger partial charge on any atom is -0.481 e. The summed E-state index contributed by atoms with van der Waals surface area (Å²) in [5, 5.41) is 7.53. The molecule has 0 aromatic carbocycles. The molecule has 100 valence electrons. The van der Waals surface area contributed by atoms with Crippen LogP contribution in [0.5, 0.6) is 0 Å². The van der Waals surface area contributed by atoms with Crippen LogP contribution in [0.25, 0.3) is 0 Å². The molecule has 0 atom stereocenters. The normalized spacial score (nSPS) is 11.9. The Morgan fingerprint density at radius 3 is 2.39 bits per heavy atom. The van der Waals surface area contributed by atoms with Gasteiger partial charge in [0.25, 0.3) is 6.43 Å². The van der Waals surface area contributed by atoms with Crippen molar-refractivity contribution >= 4 is 17.6 Å². The zero-order valence-electron chi connectivity index (χ0n) is 8.43. The van der Waals surface area contributed by atoms with E-state index in [1.165, 1.54) is 0 Å². The molecule has 0 unspecified atom stereocenters. The summed E-state index contributed by atoms with van der Waals surface area (Å²) in [6.45, 7) is 0. The van der Waals surface area contributed by atoms with Gasteiger partial charge in [-0.25, -0.2) is 8.78 Å². The summed E-state index contributed by atoms with van der Waals surface area (Å²) in [4.78, 5) is 13.2. The summed E-state index contributed by atoms with van der Waals surface area (Å²) < 4.78 is 62.4. The second-order valence-electron chi connectivity index (χ2n) is 3.23. The predicted molar refractivity (Wildman–Crippen MR) is 50.5 cm³/mol. The topological polar surface area (TPSA) is 50.2 Å². The fourth-order valence-corrected chi connectivity index (χ4v) is 1.54. The van der Waals surface area contributed by atoms with Crippen molar-refractivity contribution in [3.63, 3.8) is 0 Å². The van der Waals surface area contributed by atoms with Gasteiger partial charge in [-0.15, -0.1) is 0 Å². The standard InChI is InChI=1S/C9H5ClF5NO2/c10-6-3(1-4(17)18)2-16-7(9(13,14)15)5(6)8(11)12/h2,8H,1H2,(H,17,18). The quantitative estimate of drug-likeness (QED) is 0.869. The summed E-state index contributed by atoms with van der Waals surface area (Å²) in [7, 11) is 0. The summed E-state index contributed by atoms with van der Waals surface area (Å²) in [6.07, 6.45) is -8.85. The molecule has 0 bridgehead atoms. The van der Waals surface area contributed by atoms with Gasteiger partial charge in [0.15, 0.2) is 5.69 Å². The Hall–Kier alpha value is -1.44. The molecular weight excluding hydrogens is 285 g/mol. The largest absolute Gasteiger partial charge is 0.481 e. The lowest BCUT2D eigenvalue weighted by atomic mass is 10.1. The predicted octanol–water partition coefficient (Wildman–Crippen LogP) is 3.32. The third kappa shape index (κ3) is 3.06. The minimum absolute atomic E-state index is 0.396. The Morgan fingerprint density at radius 2 is 2.00 bits per heavy atom. The molecule has 1 aromatic heterocycles. The van der Waals surface area contributed by atoms with Crippen molar-refractivity contribution in [3.8, 4) is 0 Å². The van der Waals surface area contributed by atoms with E-state index in [-0.39, 0.29) is 0 Å². The number of nitrogens with zero attached hydrogens (tertiary/aromatic N) is 1. The lowest BCUT2D eigenvalue weighted by Crippen LogP contribution is -2.15. The van der Waals surface area contributed by atoms with Gasteiger partial charge in [-0.1, -0.05) is 11.6 Å². The molecule has 1 aromatic rings. The van der Waals surface area contributed by atoms with E-state index >= 15 is 0 Å². The Balaban J connectivity index is 3.42. The number of hydrogen-bond acceptors (Lipinski definition) is 2. The van der Waals surface area contributed by atoms with Crippen molar-refractivity contribution in [2.75, 3.05) is 0 Å². The summed E-state index contributed by atoms with van der Waals surface area (Å²) in [5.74, 6) is -1.42. The maximum atomic E-state index is 12.6. The number of aliphatic carboxylic acids is 1. The number of carboxylic acid groups (broad SMARTS) is 1. The van der Waals surface area contributed by atoms with E-state index in [0.29, 0.717) is 6.20 Å². The van der Waals surface area contributed by atoms with Gasteiger partial charge in [-0.05, 0) is 0 Å². The Labute approximate surface area is 102 Å². The van der Waals surface area contributed by atoms with E-state index in [4.69, 9.17) is 16.7 Å². The van der Waals surface area contributed by atoms with Crippen molar-refractivity contribution in [3.05, 3.63) is 28.0 Å². The fourth-order valence-electron chi connectivity index (χ4n) is 1.26. The van der Waals surface area contributed by atoms with E-state index in [0.717, 1.165) is 0 Å². The minimum atomic E-state index is -5.09. The third-order valence-corrected chi connectivity index (χ3v) is 2.40. The summed E-state index contributed by atoms with van der Waals surface area (Å²) >= 11 is 5.38. The molecule has 0 saturated heterocycles. The van der Waals surface area contributed by atoms with Crippen LogP contribution >= 0.6 is 11.6 Å². The Kier molecular flexibility index (Phi) is 4.10. The van der Waals surface area contributed by atoms with Crippen LogP contribution in [0.1, 0.15) is 23.2 Å². The van der Waals surface area contributed by atoms with Gasteiger partial charge in [-0.2, -0.15) is 13.2 Å². The SMILES string of the molecule is O=C(O)Cc1cnc(C(F)(F)F)c(C(F)F)c1Cl. The van der Waals surface area contributed by atoms with Gasteiger partial charge < -0.3 is 5.11 Å². The third-order valence-electron chi connectivity index (χ3n) is 1.95. The average molecular weight is 290 g/mol. The van der Waals surface area contributed by atoms with Crippen LogP contribution in [0, 0.1) is 0 Å². The molecule has 1 N–H and O–H groups in total. The molecule has 0 radical (unpaired) electrons. The van der Waals surface area contributed by atoms with E-state index in [9.17, 15) is 26.7 Å². The van der Waals surface area contributed by atoms with Crippen LogP contribution in [-0.2, 0) is 17.4 Å². The van der Waals surface area contributed by atoms with Gasteiger partial charge in [0.05, 0.1) is 17.0 Å². The number of alkyl halides is 5. The van der Waals surface area contributed by atoms with E-state index in [1.807, 2.05) is 0 Å². The van der Waals surface area contributed by atoms with E-state index < -0.39 is 46.8 Å². The molecule has 0 spiro atoms. The smallest absolute Gasteiger partial charge is 0.433 e. The van der Waals surface area contributed by atoms with Gasteiger partial charge in [-0.3, -0.25) is 9.78 Å². The molecule has 0 aliphatic rings. The number of carbonyl (C=O) groups is 1. The number of aromatic nitrogens is 1. The van der Waals surface area contributed by atoms with Crippen LogP contribution < -0.4 is 0 Å². The summed E-state index contributed by atoms with van der Waals surface area (Å²) in [5.41, 5.74) is -3.70. The van der Waals surface area contributed by atoms with Crippen molar-refractivity contribution in [2.45, 2.75) is 19.0 Å². The zero-order valence-corrected chi connectivity index (χ0v) is 9.19. The fraction of sp³-hybridized carbons (Fsp3) is 0.333.